The number of likely N-dealkylation sites (tertiary alicyclic amines) is 1. The predicted octanol–water partition coefficient (Wildman–Crippen LogP) is 1.42. The van der Waals surface area contributed by atoms with Crippen LogP contribution in [-0.2, 0) is 16.0 Å². The zero-order valence-electron chi connectivity index (χ0n) is 17.0. The van der Waals surface area contributed by atoms with Crippen LogP contribution in [0.3, 0.4) is 0 Å². The molecule has 2 aliphatic rings. The van der Waals surface area contributed by atoms with Gasteiger partial charge in [0.2, 0.25) is 11.8 Å². The van der Waals surface area contributed by atoms with Gasteiger partial charge in [0.15, 0.2) is 5.76 Å². The zero-order chi connectivity index (χ0) is 21.1. The van der Waals surface area contributed by atoms with Crippen LogP contribution in [0, 0.1) is 0 Å². The Morgan fingerprint density at radius 2 is 1.83 bits per heavy atom. The molecule has 0 unspecified atom stereocenters. The van der Waals surface area contributed by atoms with Crippen molar-refractivity contribution in [1.29, 1.82) is 0 Å². The van der Waals surface area contributed by atoms with E-state index in [4.69, 9.17) is 9.15 Å². The lowest BCUT2D eigenvalue weighted by Crippen LogP contribution is -2.53. The molecule has 3 amide bonds. The summed E-state index contributed by atoms with van der Waals surface area (Å²) in [5, 5.41) is 0. The highest BCUT2D eigenvalue weighted by Gasteiger charge is 2.42. The smallest absolute Gasteiger partial charge is 0.289 e. The number of furan rings is 1. The third-order valence-corrected chi connectivity index (χ3v) is 5.78. The van der Waals surface area contributed by atoms with Crippen molar-refractivity contribution in [3.63, 3.8) is 0 Å². The van der Waals surface area contributed by atoms with E-state index in [1.165, 1.54) is 11.2 Å². The molecule has 4 rings (SSSR count). The van der Waals surface area contributed by atoms with Crippen molar-refractivity contribution in [2.45, 2.75) is 18.9 Å². The minimum Gasteiger partial charge on any atom is -0.497 e. The molecule has 3 heterocycles. The number of carbonyl (C=O) groups is 3. The van der Waals surface area contributed by atoms with Gasteiger partial charge in [-0.15, -0.1) is 0 Å². The highest BCUT2D eigenvalue weighted by atomic mass is 16.5. The van der Waals surface area contributed by atoms with Crippen molar-refractivity contribution in [3.8, 4) is 5.75 Å². The summed E-state index contributed by atoms with van der Waals surface area (Å²) < 4.78 is 10.3. The molecule has 2 saturated heterocycles. The summed E-state index contributed by atoms with van der Waals surface area (Å²) in [4.78, 5) is 42.9. The summed E-state index contributed by atoms with van der Waals surface area (Å²) in [6.07, 6.45) is 2.29. The fraction of sp³-hybridized carbons (Fsp3) is 0.409. The molecule has 0 aliphatic carbocycles. The average molecular weight is 411 g/mol. The van der Waals surface area contributed by atoms with Gasteiger partial charge in [-0.05, 0) is 36.2 Å². The minimum absolute atomic E-state index is 0.132. The Balaban J connectivity index is 1.31. The van der Waals surface area contributed by atoms with Gasteiger partial charge in [0.1, 0.15) is 5.75 Å². The monoisotopic (exact) mass is 411 g/mol. The normalized spacial score (nSPS) is 20.1. The number of nitrogens with zero attached hydrogens (tertiary/aromatic N) is 3. The summed E-state index contributed by atoms with van der Waals surface area (Å²) in [6, 6.07) is 10.5. The van der Waals surface area contributed by atoms with Gasteiger partial charge in [0.05, 0.1) is 25.8 Å². The zero-order valence-corrected chi connectivity index (χ0v) is 17.0. The van der Waals surface area contributed by atoms with Crippen LogP contribution in [0.5, 0.6) is 5.75 Å². The van der Waals surface area contributed by atoms with Gasteiger partial charge in [-0.1, -0.05) is 12.1 Å². The third-order valence-electron chi connectivity index (χ3n) is 5.78. The van der Waals surface area contributed by atoms with Crippen LogP contribution in [0.1, 0.15) is 22.5 Å². The first kappa shape index (κ1) is 20.2. The molecule has 8 nitrogen and oxygen atoms in total. The molecule has 0 radical (unpaired) electrons. The van der Waals surface area contributed by atoms with E-state index in [1.54, 1.807) is 24.1 Å². The molecule has 2 aliphatic heterocycles. The lowest BCUT2D eigenvalue weighted by Gasteiger charge is -2.36. The average Bonchev–Trinajstić information content (AvgIpc) is 3.41. The molecule has 0 N–H and O–H groups in total. The number of carbonyl (C=O) groups excluding carboxylic acids is 3. The molecule has 1 atom stereocenters. The summed E-state index contributed by atoms with van der Waals surface area (Å²) in [5.74, 6) is 0.679. The van der Waals surface area contributed by atoms with Gasteiger partial charge in [-0.25, -0.2) is 0 Å². The van der Waals surface area contributed by atoms with Crippen LogP contribution in [0.25, 0.3) is 0 Å². The van der Waals surface area contributed by atoms with E-state index in [0.29, 0.717) is 44.9 Å². The highest BCUT2D eigenvalue weighted by Crippen LogP contribution is 2.22. The Kier molecular flexibility index (Phi) is 5.85. The predicted molar refractivity (Wildman–Crippen MR) is 108 cm³/mol. The van der Waals surface area contributed by atoms with E-state index in [-0.39, 0.29) is 24.1 Å². The van der Waals surface area contributed by atoms with Crippen LogP contribution in [0.15, 0.2) is 47.1 Å². The molecular weight excluding hydrogens is 386 g/mol. The number of amides is 3. The second-order valence-electron chi connectivity index (χ2n) is 7.51. The molecule has 2 fully saturated rings. The Bertz CT molecular complexity index is 901. The Morgan fingerprint density at radius 1 is 1.10 bits per heavy atom. The molecule has 0 saturated carbocycles. The van der Waals surface area contributed by atoms with E-state index >= 15 is 0 Å². The maximum Gasteiger partial charge on any atom is 0.289 e. The number of methoxy groups -OCH3 is 1. The fourth-order valence-electron chi connectivity index (χ4n) is 4.01. The molecule has 1 aromatic carbocycles. The number of benzene rings is 1. The van der Waals surface area contributed by atoms with Crippen molar-refractivity contribution in [3.05, 3.63) is 54.0 Å². The van der Waals surface area contributed by atoms with Crippen LogP contribution in [0.4, 0.5) is 0 Å². The quantitative estimate of drug-likeness (QED) is 0.669. The van der Waals surface area contributed by atoms with Gasteiger partial charge in [-0.2, -0.15) is 0 Å². The molecule has 8 heteroatoms. The first-order valence-corrected chi connectivity index (χ1v) is 10.1. The van der Waals surface area contributed by atoms with Crippen LogP contribution >= 0.6 is 0 Å². The molecular formula is C22H25N3O5. The van der Waals surface area contributed by atoms with E-state index in [1.807, 2.05) is 29.2 Å². The van der Waals surface area contributed by atoms with Crippen LogP contribution in [0.2, 0.25) is 0 Å². The van der Waals surface area contributed by atoms with Crippen molar-refractivity contribution < 1.29 is 23.5 Å². The number of rotatable bonds is 6. The largest absolute Gasteiger partial charge is 0.497 e. The lowest BCUT2D eigenvalue weighted by atomic mass is 10.1. The Labute approximate surface area is 175 Å². The Morgan fingerprint density at radius 3 is 2.47 bits per heavy atom. The van der Waals surface area contributed by atoms with E-state index < -0.39 is 6.04 Å². The van der Waals surface area contributed by atoms with Crippen molar-refractivity contribution >= 4 is 17.7 Å². The maximum atomic E-state index is 12.9. The number of piperazine rings is 1. The van der Waals surface area contributed by atoms with E-state index in [2.05, 4.69) is 0 Å². The summed E-state index contributed by atoms with van der Waals surface area (Å²) in [7, 11) is 1.61. The fourth-order valence-corrected chi connectivity index (χ4v) is 4.01. The highest BCUT2D eigenvalue weighted by molar-refractivity contribution is 6.05. The standard InChI is InChI=1S/C22H25N3O5/c1-29-17-6-4-16(5-7-17)8-9-25-20(26)15-18(21(25)27)23-10-12-24(13-11-23)22(28)19-3-2-14-30-19/h2-7,14,18H,8-13,15H2,1H3/t18-/m0/s1. The van der Waals surface area contributed by atoms with Crippen LogP contribution < -0.4 is 4.74 Å². The summed E-state index contributed by atoms with van der Waals surface area (Å²) in [5.41, 5.74) is 1.05. The van der Waals surface area contributed by atoms with E-state index in [9.17, 15) is 14.4 Å². The summed E-state index contributed by atoms with van der Waals surface area (Å²) >= 11 is 0. The topological polar surface area (TPSA) is 83.3 Å². The first-order valence-electron chi connectivity index (χ1n) is 10.1. The number of imide groups is 1. The summed E-state index contributed by atoms with van der Waals surface area (Å²) in [6.45, 7) is 2.50. The second-order valence-corrected chi connectivity index (χ2v) is 7.51. The van der Waals surface area contributed by atoms with Crippen LogP contribution in [-0.4, -0.2) is 78.3 Å². The molecule has 0 bridgehead atoms. The van der Waals surface area contributed by atoms with Gasteiger partial charge in [0, 0.05) is 32.7 Å². The minimum atomic E-state index is -0.436. The number of ether oxygens (including phenoxy) is 1. The molecule has 30 heavy (non-hydrogen) atoms. The first-order chi connectivity index (χ1) is 14.6. The van der Waals surface area contributed by atoms with Gasteiger partial charge < -0.3 is 14.1 Å². The SMILES string of the molecule is COc1ccc(CCN2C(=O)C[C@H](N3CCN(C(=O)c4ccco4)CC3)C2=O)cc1. The van der Waals surface area contributed by atoms with Crippen molar-refractivity contribution in [2.24, 2.45) is 0 Å². The van der Waals surface area contributed by atoms with E-state index in [0.717, 1.165) is 11.3 Å². The third kappa shape index (κ3) is 4.09. The number of hydrogen-bond acceptors (Lipinski definition) is 6. The lowest BCUT2D eigenvalue weighted by molar-refractivity contribution is -0.139. The maximum absolute atomic E-state index is 12.9. The van der Waals surface area contributed by atoms with Crippen molar-refractivity contribution in [2.75, 3.05) is 39.8 Å². The van der Waals surface area contributed by atoms with Gasteiger partial charge in [-0.3, -0.25) is 24.2 Å². The van der Waals surface area contributed by atoms with Gasteiger partial charge in [0.25, 0.3) is 5.91 Å². The molecule has 0 spiro atoms. The molecule has 158 valence electrons. The van der Waals surface area contributed by atoms with Crippen molar-refractivity contribution in [1.82, 2.24) is 14.7 Å². The Hall–Kier alpha value is -3.13. The molecule has 2 aromatic rings. The van der Waals surface area contributed by atoms with Gasteiger partial charge >= 0.3 is 0 Å². The molecule has 1 aromatic heterocycles. The number of hydrogen-bond donors (Lipinski definition) is 0. The second kappa shape index (κ2) is 8.71.